The highest BCUT2D eigenvalue weighted by molar-refractivity contribution is 5.84. The van der Waals surface area contributed by atoms with Crippen molar-refractivity contribution in [3.63, 3.8) is 0 Å². The third-order valence-electron chi connectivity index (χ3n) is 3.57. The molecule has 1 aromatic heterocycles. The Morgan fingerprint density at radius 2 is 2.21 bits per heavy atom. The van der Waals surface area contributed by atoms with Crippen LogP contribution in [0.5, 0.6) is 5.75 Å². The molecule has 1 aliphatic heterocycles. The van der Waals surface area contributed by atoms with Crippen molar-refractivity contribution in [2.75, 3.05) is 25.6 Å². The molecule has 0 aliphatic carbocycles. The molecule has 2 N–H and O–H groups in total. The van der Waals surface area contributed by atoms with Crippen LogP contribution in [0.2, 0.25) is 0 Å². The summed E-state index contributed by atoms with van der Waals surface area (Å²) in [6.07, 6.45) is 1.96. The first-order valence-corrected chi connectivity index (χ1v) is 6.78. The molecule has 0 radical (unpaired) electrons. The van der Waals surface area contributed by atoms with Gasteiger partial charge in [-0.2, -0.15) is 0 Å². The molecule has 2 aromatic rings. The quantitative estimate of drug-likeness (QED) is 0.921. The Bertz CT molecular complexity index is 573. The molecule has 102 valence electrons. The summed E-state index contributed by atoms with van der Waals surface area (Å²) in [5, 5.41) is 0. The van der Waals surface area contributed by atoms with Gasteiger partial charge in [0.1, 0.15) is 11.3 Å². The number of para-hydroxylation sites is 1. The summed E-state index contributed by atoms with van der Waals surface area (Å²) in [7, 11) is 0. The third kappa shape index (κ3) is 2.14. The van der Waals surface area contributed by atoms with E-state index in [1.54, 1.807) is 0 Å². The fraction of sp³-hybridized carbons (Fsp3) is 0.500. The number of benzene rings is 1. The zero-order valence-corrected chi connectivity index (χ0v) is 11.1. The van der Waals surface area contributed by atoms with E-state index >= 15 is 0 Å². The lowest BCUT2D eigenvalue weighted by Crippen LogP contribution is -2.20. The smallest absolute Gasteiger partial charge is 0.201 e. The summed E-state index contributed by atoms with van der Waals surface area (Å²) in [6, 6.07) is 6.35. The zero-order chi connectivity index (χ0) is 13.2. The predicted molar refractivity (Wildman–Crippen MR) is 74.4 cm³/mol. The van der Waals surface area contributed by atoms with Crippen LogP contribution < -0.4 is 10.5 Å². The van der Waals surface area contributed by atoms with E-state index in [2.05, 4.69) is 15.6 Å². The van der Waals surface area contributed by atoms with Gasteiger partial charge in [0.15, 0.2) is 0 Å². The lowest BCUT2D eigenvalue weighted by molar-refractivity contribution is 0.0711. The Hall–Kier alpha value is -1.75. The molecule has 2 heterocycles. The minimum Gasteiger partial charge on any atom is -0.492 e. The lowest BCUT2D eigenvalue weighted by Gasteiger charge is -2.24. The average Bonchev–Trinajstić information content (AvgIpc) is 2.77. The number of nitrogens with zero attached hydrogens (tertiary/aromatic N) is 2. The Balaban J connectivity index is 2.08. The van der Waals surface area contributed by atoms with Gasteiger partial charge in [-0.25, -0.2) is 4.98 Å². The van der Waals surface area contributed by atoms with Gasteiger partial charge in [0, 0.05) is 19.3 Å². The number of nitrogen functional groups attached to an aromatic ring is 1. The second kappa shape index (κ2) is 5.09. The van der Waals surface area contributed by atoms with E-state index < -0.39 is 0 Å². The molecular formula is C14H19N3O2. The largest absolute Gasteiger partial charge is 0.492 e. The highest BCUT2D eigenvalue weighted by atomic mass is 16.5. The van der Waals surface area contributed by atoms with Crippen molar-refractivity contribution in [2.24, 2.45) is 0 Å². The molecule has 0 amide bonds. The number of anilines is 1. The van der Waals surface area contributed by atoms with Crippen molar-refractivity contribution >= 4 is 17.0 Å². The van der Waals surface area contributed by atoms with Gasteiger partial charge >= 0.3 is 0 Å². The molecule has 5 nitrogen and oxygen atoms in total. The number of nitrogens with two attached hydrogens (primary N) is 1. The van der Waals surface area contributed by atoms with Crippen molar-refractivity contribution in [1.82, 2.24) is 9.55 Å². The van der Waals surface area contributed by atoms with Crippen molar-refractivity contribution < 1.29 is 9.47 Å². The van der Waals surface area contributed by atoms with Crippen LogP contribution in [-0.2, 0) is 4.74 Å². The van der Waals surface area contributed by atoms with Crippen LogP contribution in [0.3, 0.4) is 0 Å². The van der Waals surface area contributed by atoms with Gasteiger partial charge in [-0.15, -0.1) is 0 Å². The van der Waals surface area contributed by atoms with Crippen molar-refractivity contribution in [1.29, 1.82) is 0 Å². The van der Waals surface area contributed by atoms with Crippen molar-refractivity contribution in [3.8, 4) is 5.75 Å². The maximum atomic E-state index is 6.10. The highest BCUT2D eigenvalue weighted by Gasteiger charge is 2.21. The number of hydrogen-bond donors (Lipinski definition) is 1. The Morgan fingerprint density at radius 3 is 2.95 bits per heavy atom. The first-order valence-electron chi connectivity index (χ1n) is 6.78. The average molecular weight is 261 g/mol. The number of rotatable bonds is 3. The van der Waals surface area contributed by atoms with Gasteiger partial charge < -0.3 is 19.8 Å². The Kier molecular flexibility index (Phi) is 3.29. The van der Waals surface area contributed by atoms with Gasteiger partial charge in [-0.05, 0) is 31.9 Å². The van der Waals surface area contributed by atoms with Crippen LogP contribution in [0.15, 0.2) is 18.2 Å². The molecule has 0 spiro atoms. The first kappa shape index (κ1) is 12.3. The first-order chi connectivity index (χ1) is 9.31. The SMILES string of the molecule is CCOc1cccc2c1nc(N)n2C1CCOCC1. The van der Waals surface area contributed by atoms with Crippen LogP contribution in [0, 0.1) is 0 Å². The topological polar surface area (TPSA) is 62.3 Å². The fourth-order valence-corrected chi connectivity index (χ4v) is 2.71. The second-order valence-corrected chi connectivity index (χ2v) is 4.74. The molecule has 19 heavy (non-hydrogen) atoms. The van der Waals surface area contributed by atoms with E-state index in [-0.39, 0.29) is 0 Å². The van der Waals surface area contributed by atoms with E-state index in [1.807, 2.05) is 19.1 Å². The van der Waals surface area contributed by atoms with Gasteiger partial charge in [0.25, 0.3) is 0 Å². The van der Waals surface area contributed by atoms with E-state index in [0.29, 0.717) is 18.6 Å². The van der Waals surface area contributed by atoms with Gasteiger partial charge in [-0.3, -0.25) is 0 Å². The van der Waals surface area contributed by atoms with Crippen LogP contribution in [0.4, 0.5) is 5.95 Å². The molecule has 0 saturated carbocycles. The molecule has 0 unspecified atom stereocenters. The number of aromatic nitrogens is 2. The normalized spacial score (nSPS) is 16.9. The maximum Gasteiger partial charge on any atom is 0.201 e. The van der Waals surface area contributed by atoms with Crippen LogP contribution >= 0.6 is 0 Å². The second-order valence-electron chi connectivity index (χ2n) is 4.74. The summed E-state index contributed by atoms with van der Waals surface area (Å²) in [6.45, 7) is 4.17. The fourth-order valence-electron chi connectivity index (χ4n) is 2.71. The summed E-state index contributed by atoms with van der Waals surface area (Å²) in [4.78, 5) is 4.48. The molecule has 0 bridgehead atoms. The van der Waals surface area contributed by atoms with Crippen LogP contribution in [0.25, 0.3) is 11.0 Å². The zero-order valence-electron chi connectivity index (χ0n) is 11.1. The summed E-state index contributed by atoms with van der Waals surface area (Å²) < 4.78 is 13.2. The van der Waals surface area contributed by atoms with Crippen molar-refractivity contribution in [2.45, 2.75) is 25.8 Å². The standard InChI is InChI=1S/C14H19N3O2/c1-2-19-12-5-3-4-11-13(12)16-14(15)17(11)10-6-8-18-9-7-10/h3-5,10H,2,6-9H2,1H3,(H2,15,16). The number of hydrogen-bond acceptors (Lipinski definition) is 4. The van der Waals surface area contributed by atoms with Gasteiger partial charge in [0.2, 0.25) is 5.95 Å². The van der Waals surface area contributed by atoms with E-state index in [0.717, 1.165) is 42.8 Å². The monoisotopic (exact) mass is 261 g/mol. The summed E-state index contributed by atoms with van der Waals surface area (Å²) >= 11 is 0. The maximum absolute atomic E-state index is 6.10. The van der Waals surface area contributed by atoms with E-state index in [4.69, 9.17) is 15.2 Å². The highest BCUT2D eigenvalue weighted by Crippen LogP contribution is 2.32. The predicted octanol–water partition coefficient (Wildman–Crippen LogP) is 2.37. The number of imidazole rings is 1. The molecular weight excluding hydrogens is 242 g/mol. The minimum absolute atomic E-state index is 0.371. The van der Waals surface area contributed by atoms with Crippen LogP contribution in [-0.4, -0.2) is 29.4 Å². The van der Waals surface area contributed by atoms with E-state index in [9.17, 15) is 0 Å². The Morgan fingerprint density at radius 1 is 1.42 bits per heavy atom. The summed E-state index contributed by atoms with van der Waals surface area (Å²) in [5.41, 5.74) is 8.01. The molecule has 0 atom stereocenters. The summed E-state index contributed by atoms with van der Waals surface area (Å²) in [5.74, 6) is 1.37. The van der Waals surface area contributed by atoms with Gasteiger partial charge in [-0.1, -0.05) is 6.07 Å². The molecule has 1 fully saturated rings. The molecule has 1 saturated heterocycles. The lowest BCUT2D eigenvalue weighted by atomic mass is 10.1. The number of fused-ring (bicyclic) bond motifs is 1. The molecule has 3 rings (SSSR count). The minimum atomic E-state index is 0.371. The van der Waals surface area contributed by atoms with Crippen LogP contribution in [0.1, 0.15) is 25.8 Å². The van der Waals surface area contributed by atoms with Crippen molar-refractivity contribution in [3.05, 3.63) is 18.2 Å². The molecule has 1 aromatic carbocycles. The Labute approximate surface area is 112 Å². The molecule has 5 heteroatoms. The van der Waals surface area contributed by atoms with Gasteiger partial charge in [0.05, 0.1) is 12.1 Å². The van der Waals surface area contributed by atoms with E-state index in [1.165, 1.54) is 0 Å². The molecule has 1 aliphatic rings. The number of ether oxygens (including phenoxy) is 2. The third-order valence-corrected chi connectivity index (χ3v) is 3.57.